The summed E-state index contributed by atoms with van der Waals surface area (Å²) in [6, 6.07) is 21.9. The van der Waals surface area contributed by atoms with Crippen LogP contribution >= 0.6 is 0 Å². The van der Waals surface area contributed by atoms with Crippen LogP contribution in [0.1, 0.15) is 21.7 Å². The molecule has 32 heavy (non-hydrogen) atoms. The third-order valence-corrected chi connectivity index (χ3v) is 6.23. The Balaban J connectivity index is 1.30. The van der Waals surface area contributed by atoms with Gasteiger partial charge in [-0.05, 0) is 30.2 Å². The molecule has 0 atom stereocenters. The number of fused-ring (bicyclic) bond motifs is 2. The number of rotatable bonds is 3. The fraction of sp³-hybridized carbons (Fsp3) is 0.200. The Morgan fingerprint density at radius 3 is 2.59 bits per heavy atom. The normalized spacial score (nSPS) is 14.9. The van der Waals surface area contributed by atoms with Crippen LogP contribution in [-0.4, -0.2) is 38.7 Å². The summed E-state index contributed by atoms with van der Waals surface area (Å²) in [5, 5.41) is 8.87. The molecule has 0 saturated heterocycles. The third kappa shape index (κ3) is 3.05. The second kappa shape index (κ2) is 7.60. The lowest BCUT2D eigenvalue weighted by Gasteiger charge is -2.30. The number of benzene rings is 2. The first-order valence-corrected chi connectivity index (χ1v) is 10.9. The molecular weight excluding hydrogens is 400 g/mol. The zero-order chi connectivity index (χ0) is 21.5. The molecule has 0 radical (unpaired) electrons. The van der Waals surface area contributed by atoms with Crippen molar-refractivity contribution < 1.29 is 4.79 Å². The molecule has 0 unspecified atom stereocenters. The molecule has 2 aliphatic rings. The summed E-state index contributed by atoms with van der Waals surface area (Å²) < 4.78 is 2.16. The Morgan fingerprint density at radius 1 is 0.844 bits per heavy atom. The van der Waals surface area contributed by atoms with Gasteiger partial charge in [-0.1, -0.05) is 48.5 Å². The van der Waals surface area contributed by atoms with Gasteiger partial charge in [0.15, 0.2) is 11.6 Å². The number of nitrogens with zero attached hydrogens (tertiary/aromatic N) is 6. The van der Waals surface area contributed by atoms with Crippen LogP contribution in [0.3, 0.4) is 0 Å². The van der Waals surface area contributed by atoms with Crippen LogP contribution in [-0.2, 0) is 19.5 Å². The van der Waals surface area contributed by atoms with Crippen molar-refractivity contribution >= 4 is 17.4 Å². The molecule has 1 amide bonds. The number of para-hydroxylation sites is 1. The summed E-state index contributed by atoms with van der Waals surface area (Å²) in [7, 11) is 0. The molecule has 158 valence electrons. The van der Waals surface area contributed by atoms with Crippen molar-refractivity contribution in [2.75, 3.05) is 22.9 Å². The van der Waals surface area contributed by atoms with Crippen molar-refractivity contribution in [3.63, 3.8) is 0 Å². The molecular formula is C25H22N6O. The number of anilines is 2. The van der Waals surface area contributed by atoms with E-state index in [-0.39, 0.29) is 5.91 Å². The van der Waals surface area contributed by atoms with Gasteiger partial charge in [0.1, 0.15) is 5.82 Å². The number of hydrogen-bond acceptors (Lipinski definition) is 5. The Morgan fingerprint density at radius 2 is 1.69 bits per heavy atom. The molecule has 4 heterocycles. The lowest BCUT2D eigenvalue weighted by molar-refractivity contribution is 0.0989. The Kier molecular flexibility index (Phi) is 4.45. The van der Waals surface area contributed by atoms with E-state index in [0.717, 1.165) is 42.4 Å². The van der Waals surface area contributed by atoms with E-state index in [9.17, 15) is 4.79 Å². The summed E-state index contributed by atoms with van der Waals surface area (Å²) >= 11 is 0. The van der Waals surface area contributed by atoms with Crippen LogP contribution in [0.2, 0.25) is 0 Å². The topological polar surface area (TPSA) is 67.2 Å². The van der Waals surface area contributed by atoms with Crippen molar-refractivity contribution in [3.8, 4) is 11.4 Å². The summed E-state index contributed by atoms with van der Waals surface area (Å²) in [6.07, 6.45) is 2.63. The van der Waals surface area contributed by atoms with Crippen LogP contribution in [0.5, 0.6) is 0 Å². The summed E-state index contributed by atoms with van der Waals surface area (Å²) in [6.45, 7) is 2.73. The first-order chi connectivity index (χ1) is 15.8. The number of carbonyl (C=O) groups is 1. The van der Waals surface area contributed by atoms with E-state index in [1.165, 1.54) is 5.56 Å². The van der Waals surface area contributed by atoms with Crippen molar-refractivity contribution in [2.45, 2.75) is 19.5 Å². The predicted octanol–water partition coefficient (Wildman–Crippen LogP) is 3.56. The average molecular weight is 422 g/mol. The quantitative estimate of drug-likeness (QED) is 0.505. The monoisotopic (exact) mass is 422 g/mol. The first kappa shape index (κ1) is 18.7. The fourth-order valence-corrected chi connectivity index (χ4v) is 4.65. The van der Waals surface area contributed by atoms with Crippen molar-refractivity contribution in [1.29, 1.82) is 0 Å². The standard InChI is InChI=1S/C25H22N6O/c32-25(30-14-12-18-7-4-5-11-21(18)30)20-10-6-13-26-24(20)29-15-16-31-22(17-29)27-28-23(31)19-8-2-1-3-9-19/h1-11,13H,12,14-17H2. The van der Waals surface area contributed by atoms with Crippen LogP contribution < -0.4 is 9.80 Å². The third-order valence-electron chi connectivity index (χ3n) is 6.23. The van der Waals surface area contributed by atoms with Crippen molar-refractivity contribution in [2.24, 2.45) is 0 Å². The van der Waals surface area contributed by atoms with Gasteiger partial charge in [0, 0.05) is 37.1 Å². The minimum Gasteiger partial charge on any atom is -0.347 e. The maximum atomic E-state index is 13.5. The van der Waals surface area contributed by atoms with E-state index < -0.39 is 0 Å². The molecule has 2 aromatic heterocycles. The minimum atomic E-state index is -0.00457. The van der Waals surface area contributed by atoms with E-state index >= 15 is 0 Å². The highest BCUT2D eigenvalue weighted by molar-refractivity contribution is 6.10. The SMILES string of the molecule is O=C(c1cccnc1N1CCn2c(nnc2-c2ccccc2)C1)N1CCc2ccccc21. The smallest absolute Gasteiger partial charge is 0.262 e. The van der Waals surface area contributed by atoms with Crippen LogP contribution in [0.15, 0.2) is 72.9 Å². The van der Waals surface area contributed by atoms with Crippen LogP contribution in [0, 0.1) is 0 Å². The Hall–Kier alpha value is -4.00. The highest BCUT2D eigenvalue weighted by Crippen LogP contribution is 2.31. The van der Waals surface area contributed by atoms with Gasteiger partial charge in [0.2, 0.25) is 0 Å². The van der Waals surface area contributed by atoms with Crippen molar-refractivity contribution in [3.05, 3.63) is 89.9 Å². The van der Waals surface area contributed by atoms with E-state index in [2.05, 4.69) is 30.7 Å². The second-order valence-electron chi connectivity index (χ2n) is 8.09. The maximum Gasteiger partial charge on any atom is 0.262 e. The summed E-state index contributed by atoms with van der Waals surface area (Å²) in [5.41, 5.74) is 3.89. The molecule has 0 bridgehead atoms. The van der Waals surface area contributed by atoms with Crippen LogP contribution in [0.25, 0.3) is 11.4 Å². The molecule has 0 spiro atoms. The molecule has 0 aliphatic carbocycles. The zero-order valence-corrected chi connectivity index (χ0v) is 17.6. The molecule has 7 nitrogen and oxygen atoms in total. The highest BCUT2D eigenvalue weighted by atomic mass is 16.2. The lowest BCUT2D eigenvalue weighted by atomic mass is 10.1. The van der Waals surface area contributed by atoms with E-state index in [1.54, 1.807) is 6.20 Å². The molecule has 4 aromatic rings. The fourth-order valence-electron chi connectivity index (χ4n) is 4.65. The van der Waals surface area contributed by atoms with Gasteiger partial charge in [-0.3, -0.25) is 4.79 Å². The Bertz CT molecular complexity index is 1300. The molecule has 0 N–H and O–H groups in total. The highest BCUT2D eigenvalue weighted by Gasteiger charge is 2.30. The number of hydrogen-bond donors (Lipinski definition) is 0. The van der Waals surface area contributed by atoms with Gasteiger partial charge in [0.25, 0.3) is 5.91 Å². The number of amides is 1. The van der Waals surface area contributed by atoms with Gasteiger partial charge in [-0.15, -0.1) is 10.2 Å². The number of pyridine rings is 1. The lowest BCUT2D eigenvalue weighted by Crippen LogP contribution is -2.37. The molecule has 0 saturated carbocycles. The largest absolute Gasteiger partial charge is 0.347 e. The summed E-state index contributed by atoms with van der Waals surface area (Å²) in [4.78, 5) is 22.1. The van der Waals surface area contributed by atoms with Gasteiger partial charge in [0.05, 0.1) is 12.1 Å². The molecule has 2 aromatic carbocycles. The summed E-state index contributed by atoms with van der Waals surface area (Å²) in [5.74, 6) is 2.46. The van der Waals surface area contributed by atoms with E-state index in [4.69, 9.17) is 0 Å². The Labute approximate surface area is 186 Å². The number of carbonyl (C=O) groups excluding carboxylic acids is 1. The van der Waals surface area contributed by atoms with E-state index in [1.807, 2.05) is 65.6 Å². The zero-order valence-electron chi connectivity index (χ0n) is 17.6. The van der Waals surface area contributed by atoms with Gasteiger partial charge < -0.3 is 14.4 Å². The van der Waals surface area contributed by atoms with Crippen LogP contribution in [0.4, 0.5) is 11.5 Å². The number of aromatic nitrogens is 4. The van der Waals surface area contributed by atoms with E-state index in [0.29, 0.717) is 24.5 Å². The minimum absolute atomic E-state index is 0.00457. The molecule has 0 fully saturated rings. The molecule has 6 rings (SSSR count). The molecule has 7 heteroatoms. The van der Waals surface area contributed by atoms with Gasteiger partial charge >= 0.3 is 0 Å². The van der Waals surface area contributed by atoms with Gasteiger partial charge in [-0.2, -0.15) is 0 Å². The predicted molar refractivity (Wildman–Crippen MR) is 123 cm³/mol. The van der Waals surface area contributed by atoms with Crippen molar-refractivity contribution in [1.82, 2.24) is 19.7 Å². The van der Waals surface area contributed by atoms with Gasteiger partial charge in [-0.25, -0.2) is 4.98 Å². The second-order valence-corrected chi connectivity index (χ2v) is 8.09. The average Bonchev–Trinajstić information content (AvgIpc) is 3.48. The first-order valence-electron chi connectivity index (χ1n) is 10.9. The molecule has 2 aliphatic heterocycles. The maximum absolute atomic E-state index is 13.5.